The summed E-state index contributed by atoms with van der Waals surface area (Å²) < 4.78 is 0. The van der Waals surface area contributed by atoms with Crippen LogP contribution in [0.3, 0.4) is 0 Å². The van der Waals surface area contributed by atoms with E-state index in [1.807, 2.05) is 6.92 Å². The molecule has 2 heteroatoms. The van der Waals surface area contributed by atoms with Gasteiger partial charge < -0.3 is 5.11 Å². The van der Waals surface area contributed by atoms with E-state index >= 15 is 0 Å². The van der Waals surface area contributed by atoms with Crippen LogP contribution < -0.4 is 0 Å². The highest BCUT2D eigenvalue weighted by molar-refractivity contribution is 7.18. The van der Waals surface area contributed by atoms with Crippen LogP contribution >= 0.6 is 9.24 Å². The standard InChI is InChI=1S/C7H17OP/c1-4-6(3)7(8,9)5-2/h6,8H,4-5,9H2,1-3H3. The second kappa shape index (κ2) is 3.53. The minimum absolute atomic E-state index is 0.382. The predicted octanol–water partition coefficient (Wildman–Crippen LogP) is 2.01. The lowest BCUT2D eigenvalue weighted by Gasteiger charge is -2.27. The average molecular weight is 148 g/mol. The molecule has 1 N–H and O–H groups in total. The molecule has 0 rings (SSSR count). The highest BCUT2D eigenvalue weighted by atomic mass is 31.0. The zero-order valence-corrected chi connectivity index (χ0v) is 7.67. The highest BCUT2D eigenvalue weighted by Crippen LogP contribution is 2.29. The van der Waals surface area contributed by atoms with Gasteiger partial charge in [0, 0.05) is 0 Å². The van der Waals surface area contributed by atoms with Crippen LogP contribution in [-0.2, 0) is 0 Å². The monoisotopic (exact) mass is 148 g/mol. The van der Waals surface area contributed by atoms with Gasteiger partial charge in [0.15, 0.2) is 0 Å². The van der Waals surface area contributed by atoms with E-state index in [2.05, 4.69) is 23.1 Å². The summed E-state index contributed by atoms with van der Waals surface area (Å²) in [7, 11) is 2.51. The van der Waals surface area contributed by atoms with E-state index in [9.17, 15) is 5.11 Å². The van der Waals surface area contributed by atoms with Gasteiger partial charge in [-0.25, -0.2) is 0 Å². The Labute approximate surface area is 60.1 Å². The van der Waals surface area contributed by atoms with Gasteiger partial charge in [-0.05, 0) is 12.3 Å². The third kappa shape index (κ3) is 2.64. The van der Waals surface area contributed by atoms with E-state index in [1.54, 1.807) is 0 Å². The molecule has 56 valence electrons. The first-order valence-corrected chi connectivity index (χ1v) is 4.13. The Morgan fingerprint density at radius 1 is 1.56 bits per heavy atom. The summed E-state index contributed by atoms with van der Waals surface area (Å²) in [6, 6.07) is 0. The topological polar surface area (TPSA) is 20.2 Å². The van der Waals surface area contributed by atoms with Crippen LogP contribution in [0.25, 0.3) is 0 Å². The molecule has 3 unspecified atom stereocenters. The van der Waals surface area contributed by atoms with Crippen molar-refractivity contribution >= 4 is 9.24 Å². The van der Waals surface area contributed by atoms with E-state index in [-0.39, 0.29) is 0 Å². The Morgan fingerprint density at radius 2 is 2.00 bits per heavy atom. The first-order valence-electron chi connectivity index (χ1n) is 3.55. The SMILES string of the molecule is CCC(C)C(O)(P)CC. The number of hydrogen-bond acceptors (Lipinski definition) is 1. The molecule has 0 bridgehead atoms. The molecule has 0 saturated carbocycles. The molecule has 1 nitrogen and oxygen atoms in total. The van der Waals surface area contributed by atoms with Gasteiger partial charge >= 0.3 is 0 Å². The van der Waals surface area contributed by atoms with E-state index in [0.717, 1.165) is 12.8 Å². The molecule has 0 aliphatic heterocycles. The second-order valence-electron chi connectivity index (χ2n) is 2.65. The van der Waals surface area contributed by atoms with Crippen molar-refractivity contribution in [3.63, 3.8) is 0 Å². The Hall–Kier alpha value is 0.390. The lowest BCUT2D eigenvalue weighted by molar-refractivity contribution is 0.0730. The molecule has 0 aromatic heterocycles. The van der Waals surface area contributed by atoms with Crippen LogP contribution in [-0.4, -0.2) is 10.4 Å². The Balaban J connectivity index is 3.80. The normalized spacial score (nSPS) is 21.0. The third-order valence-corrected chi connectivity index (χ3v) is 3.01. The largest absolute Gasteiger partial charge is 0.386 e. The smallest absolute Gasteiger partial charge is 0.0801 e. The van der Waals surface area contributed by atoms with Crippen LogP contribution in [0.2, 0.25) is 0 Å². The molecular formula is C7H17OP. The van der Waals surface area contributed by atoms with Gasteiger partial charge in [-0.3, -0.25) is 0 Å². The van der Waals surface area contributed by atoms with Crippen molar-refractivity contribution in [3.8, 4) is 0 Å². The minimum atomic E-state index is -0.533. The van der Waals surface area contributed by atoms with Crippen molar-refractivity contribution in [2.75, 3.05) is 0 Å². The molecule has 0 saturated heterocycles. The summed E-state index contributed by atoms with van der Waals surface area (Å²) in [5, 5.41) is 9.02. The van der Waals surface area contributed by atoms with E-state index in [4.69, 9.17) is 0 Å². The molecule has 9 heavy (non-hydrogen) atoms. The summed E-state index contributed by atoms with van der Waals surface area (Å²) in [4.78, 5) is 0. The van der Waals surface area contributed by atoms with Crippen molar-refractivity contribution in [1.82, 2.24) is 0 Å². The maximum Gasteiger partial charge on any atom is 0.0801 e. The maximum atomic E-state index is 9.55. The van der Waals surface area contributed by atoms with Crippen LogP contribution in [0.5, 0.6) is 0 Å². The molecule has 0 heterocycles. The number of aliphatic hydroxyl groups is 1. The van der Waals surface area contributed by atoms with Crippen molar-refractivity contribution < 1.29 is 5.11 Å². The first-order chi connectivity index (χ1) is 4.04. The van der Waals surface area contributed by atoms with Crippen LogP contribution in [0, 0.1) is 5.92 Å². The Morgan fingerprint density at radius 3 is 2.11 bits per heavy atom. The molecule has 0 aliphatic rings. The van der Waals surface area contributed by atoms with Gasteiger partial charge in [0.1, 0.15) is 0 Å². The van der Waals surface area contributed by atoms with E-state index in [1.165, 1.54) is 0 Å². The quantitative estimate of drug-likeness (QED) is 0.607. The lowest BCUT2D eigenvalue weighted by Crippen LogP contribution is -2.27. The second-order valence-corrected chi connectivity index (χ2v) is 3.65. The molecule has 0 radical (unpaired) electrons. The summed E-state index contributed by atoms with van der Waals surface area (Å²) in [6.45, 7) is 6.16. The zero-order valence-electron chi connectivity index (χ0n) is 6.52. The molecule has 3 atom stereocenters. The van der Waals surface area contributed by atoms with Crippen LogP contribution in [0.15, 0.2) is 0 Å². The van der Waals surface area contributed by atoms with Gasteiger partial charge in [-0.1, -0.05) is 27.2 Å². The molecule has 0 spiro atoms. The van der Waals surface area contributed by atoms with Crippen molar-refractivity contribution in [3.05, 3.63) is 0 Å². The van der Waals surface area contributed by atoms with Gasteiger partial charge in [0.2, 0.25) is 0 Å². The fourth-order valence-corrected chi connectivity index (χ4v) is 0.938. The molecule has 0 aromatic rings. The Kier molecular flexibility index (Phi) is 3.68. The first kappa shape index (κ1) is 9.39. The van der Waals surface area contributed by atoms with Crippen molar-refractivity contribution in [1.29, 1.82) is 0 Å². The number of rotatable bonds is 3. The fourth-order valence-electron chi connectivity index (χ4n) is 0.702. The van der Waals surface area contributed by atoms with Gasteiger partial charge in [0.25, 0.3) is 0 Å². The molecule has 0 fully saturated rings. The number of hydrogen-bond donors (Lipinski definition) is 1. The summed E-state index contributed by atoms with van der Waals surface area (Å²) in [5.74, 6) is 0.382. The van der Waals surface area contributed by atoms with Crippen molar-refractivity contribution in [2.24, 2.45) is 5.92 Å². The molecule has 0 aromatic carbocycles. The maximum absolute atomic E-state index is 9.55. The minimum Gasteiger partial charge on any atom is -0.386 e. The zero-order chi connectivity index (χ0) is 7.49. The van der Waals surface area contributed by atoms with Crippen LogP contribution in [0.4, 0.5) is 0 Å². The van der Waals surface area contributed by atoms with Gasteiger partial charge in [-0.15, -0.1) is 9.24 Å². The van der Waals surface area contributed by atoms with E-state index in [0.29, 0.717) is 5.92 Å². The van der Waals surface area contributed by atoms with Gasteiger partial charge in [-0.2, -0.15) is 0 Å². The summed E-state index contributed by atoms with van der Waals surface area (Å²) in [6.07, 6.45) is 1.85. The van der Waals surface area contributed by atoms with Crippen LogP contribution in [0.1, 0.15) is 33.6 Å². The van der Waals surface area contributed by atoms with Gasteiger partial charge in [0.05, 0.1) is 5.34 Å². The predicted molar refractivity (Wildman–Crippen MR) is 44.4 cm³/mol. The van der Waals surface area contributed by atoms with Crippen molar-refractivity contribution in [2.45, 2.75) is 39.0 Å². The lowest BCUT2D eigenvalue weighted by atomic mass is 9.99. The third-order valence-electron chi connectivity index (χ3n) is 2.03. The highest BCUT2D eigenvalue weighted by Gasteiger charge is 2.24. The summed E-state index contributed by atoms with van der Waals surface area (Å²) >= 11 is 0. The molecular weight excluding hydrogens is 131 g/mol. The summed E-state index contributed by atoms with van der Waals surface area (Å²) in [5.41, 5.74) is 0. The average Bonchev–Trinajstić information content (AvgIpc) is 1.86. The fraction of sp³-hybridized carbons (Fsp3) is 1.00. The molecule has 0 amide bonds. The Bertz CT molecular complexity index is 81.0. The van der Waals surface area contributed by atoms with E-state index < -0.39 is 5.34 Å². The molecule has 0 aliphatic carbocycles.